The second-order valence-corrected chi connectivity index (χ2v) is 4.24. The molecule has 68 valence electrons. The van der Waals surface area contributed by atoms with Gasteiger partial charge in [0.05, 0.1) is 4.99 Å². The van der Waals surface area contributed by atoms with Crippen LogP contribution in [0.2, 0.25) is 0 Å². The minimum absolute atomic E-state index is 0.648. The van der Waals surface area contributed by atoms with Gasteiger partial charge in [0.25, 0.3) is 0 Å². The Morgan fingerprint density at radius 1 is 1.31 bits per heavy atom. The molecular weight excluding hydrogens is 178 g/mol. The summed E-state index contributed by atoms with van der Waals surface area (Å²) >= 11 is 4.92. The zero-order valence-corrected chi connectivity index (χ0v) is 8.31. The van der Waals surface area contributed by atoms with E-state index in [9.17, 15) is 0 Å². The third-order valence-corrected chi connectivity index (χ3v) is 2.79. The van der Waals surface area contributed by atoms with Gasteiger partial charge < -0.3 is 5.73 Å². The Labute approximate surface area is 83.9 Å². The third kappa shape index (κ3) is 1.89. The van der Waals surface area contributed by atoms with E-state index in [2.05, 4.69) is 24.3 Å². The highest BCUT2D eigenvalue weighted by Crippen LogP contribution is 2.28. The number of benzene rings is 1. The Bertz CT molecular complexity index is 308. The number of fused-ring (bicyclic) bond motifs is 1. The van der Waals surface area contributed by atoms with Gasteiger partial charge in [-0.05, 0) is 29.9 Å². The fourth-order valence-electron chi connectivity index (χ4n) is 2.08. The van der Waals surface area contributed by atoms with Crippen LogP contribution in [0, 0.1) is 5.92 Å². The number of hydrogen-bond acceptors (Lipinski definition) is 1. The average Bonchev–Trinajstić information content (AvgIpc) is 2.44. The van der Waals surface area contributed by atoms with E-state index in [-0.39, 0.29) is 0 Å². The van der Waals surface area contributed by atoms with E-state index in [1.54, 1.807) is 0 Å². The van der Waals surface area contributed by atoms with Crippen molar-refractivity contribution in [1.29, 1.82) is 0 Å². The molecule has 0 spiro atoms. The van der Waals surface area contributed by atoms with Crippen molar-refractivity contribution in [2.75, 3.05) is 0 Å². The maximum absolute atomic E-state index is 5.54. The summed E-state index contributed by atoms with van der Waals surface area (Å²) in [5, 5.41) is 0. The number of hydrogen-bond donors (Lipinski definition) is 1. The number of thiocarbonyl (C=S) groups is 1. The SMILES string of the molecule is NC(=S)CC1Cc2ccccc2C1. The molecule has 0 saturated heterocycles. The van der Waals surface area contributed by atoms with E-state index in [4.69, 9.17) is 18.0 Å². The molecule has 0 bridgehead atoms. The van der Waals surface area contributed by atoms with Gasteiger partial charge in [-0.3, -0.25) is 0 Å². The molecular formula is C11H13NS. The van der Waals surface area contributed by atoms with Gasteiger partial charge in [0.2, 0.25) is 0 Å². The summed E-state index contributed by atoms with van der Waals surface area (Å²) in [7, 11) is 0. The monoisotopic (exact) mass is 191 g/mol. The lowest BCUT2D eigenvalue weighted by Crippen LogP contribution is -2.14. The van der Waals surface area contributed by atoms with E-state index in [0.717, 1.165) is 19.3 Å². The minimum atomic E-state index is 0.648. The van der Waals surface area contributed by atoms with Crippen molar-refractivity contribution in [2.24, 2.45) is 11.7 Å². The first-order valence-corrected chi connectivity index (χ1v) is 5.01. The fraction of sp³-hybridized carbons (Fsp3) is 0.364. The number of nitrogens with two attached hydrogens (primary N) is 1. The fourth-order valence-corrected chi connectivity index (χ4v) is 2.31. The van der Waals surface area contributed by atoms with Crippen molar-refractivity contribution in [2.45, 2.75) is 19.3 Å². The first-order valence-electron chi connectivity index (χ1n) is 4.61. The Kier molecular flexibility index (Phi) is 2.32. The summed E-state index contributed by atoms with van der Waals surface area (Å²) in [5.41, 5.74) is 8.49. The molecule has 2 rings (SSSR count). The van der Waals surface area contributed by atoms with Gasteiger partial charge in [0, 0.05) is 6.42 Å². The molecule has 1 nitrogen and oxygen atoms in total. The van der Waals surface area contributed by atoms with Gasteiger partial charge >= 0.3 is 0 Å². The van der Waals surface area contributed by atoms with Crippen molar-refractivity contribution in [1.82, 2.24) is 0 Å². The molecule has 0 aromatic heterocycles. The molecule has 0 fully saturated rings. The van der Waals surface area contributed by atoms with Crippen LogP contribution in [-0.4, -0.2) is 4.99 Å². The topological polar surface area (TPSA) is 26.0 Å². The molecule has 2 heteroatoms. The largest absolute Gasteiger partial charge is 0.393 e. The van der Waals surface area contributed by atoms with Crippen LogP contribution in [0.15, 0.2) is 24.3 Å². The predicted octanol–water partition coefficient (Wildman–Crippen LogP) is 2.08. The van der Waals surface area contributed by atoms with Crippen LogP contribution in [0.1, 0.15) is 17.5 Å². The summed E-state index contributed by atoms with van der Waals surface area (Å²) in [4.78, 5) is 0.651. The van der Waals surface area contributed by atoms with Crippen LogP contribution in [0.3, 0.4) is 0 Å². The maximum Gasteiger partial charge on any atom is 0.0730 e. The van der Waals surface area contributed by atoms with Crippen LogP contribution >= 0.6 is 12.2 Å². The molecule has 0 aliphatic heterocycles. The van der Waals surface area contributed by atoms with Crippen LogP contribution in [0.25, 0.3) is 0 Å². The zero-order chi connectivity index (χ0) is 9.26. The van der Waals surface area contributed by atoms with E-state index in [0.29, 0.717) is 10.9 Å². The van der Waals surface area contributed by atoms with Crippen LogP contribution < -0.4 is 5.73 Å². The van der Waals surface area contributed by atoms with Crippen LogP contribution in [0.4, 0.5) is 0 Å². The maximum atomic E-state index is 5.54. The summed E-state index contributed by atoms with van der Waals surface area (Å²) < 4.78 is 0. The smallest absolute Gasteiger partial charge is 0.0730 e. The molecule has 1 aliphatic rings. The van der Waals surface area contributed by atoms with E-state index in [1.165, 1.54) is 11.1 Å². The van der Waals surface area contributed by atoms with Crippen molar-refractivity contribution >= 4 is 17.2 Å². The molecule has 0 amide bonds. The molecule has 2 N–H and O–H groups in total. The first kappa shape index (κ1) is 8.70. The summed E-state index contributed by atoms with van der Waals surface area (Å²) in [6.07, 6.45) is 3.19. The Balaban J connectivity index is 2.09. The van der Waals surface area contributed by atoms with E-state index >= 15 is 0 Å². The second-order valence-electron chi connectivity index (χ2n) is 3.71. The van der Waals surface area contributed by atoms with E-state index in [1.807, 2.05) is 0 Å². The Hall–Kier alpha value is -0.890. The lowest BCUT2D eigenvalue weighted by atomic mass is 10.0. The summed E-state index contributed by atoms with van der Waals surface area (Å²) in [6.45, 7) is 0. The normalized spacial score (nSPS) is 15.7. The molecule has 1 aromatic carbocycles. The van der Waals surface area contributed by atoms with Crippen molar-refractivity contribution in [3.8, 4) is 0 Å². The Morgan fingerprint density at radius 3 is 2.31 bits per heavy atom. The molecule has 13 heavy (non-hydrogen) atoms. The second kappa shape index (κ2) is 3.46. The van der Waals surface area contributed by atoms with Crippen molar-refractivity contribution < 1.29 is 0 Å². The molecule has 0 saturated carbocycles. The highest BCUT2D eigenvalue weighted by Gasteiger charge is 2.20. The molecule has 0 radical (unpaired) electrons. The van der Waals surface area contributed by atoms with E-state index < -0.39 is 0 Å². The van der Waals surface area contributed by atoms with Gasteiger partial charge in [0.15, 0.2) is 0 Å². The van der Waals surface area contributed by atoms with Crippen LogP contribution in [-0.2, 0) is 12.8 Å². The molecule has 0 atom stereocenters. The van der Waals surface area contributed by atoms with Crippen LogP contribution in [0.5, 0.6) is 0 Å². The van der Waals surface area contributed by atoms with Gasteiger partial charge in [-0.1, -0.05) is 36.5 Å². The quantitative estimate of drug-likeness (QED) is 0.724. The van der Waals surface area contributed by atoms with Crippen molar-refractivity contribution in [3.05, 3.63) is 35.4 Å². The van der Waals surface area contributed by atoms with Crippen molar-refractivity contribution in [3.63, 3.8) is 0 Å². The number of rotatable bonds is 2. The molecule has 0 unspecified atom stereocenters. The predicted molar refractivity (Wildman–Crippen MR) is 58.7 cm³/mol. The zero-order valence-electron chi connectivity index (χ0n) is 7.49. The molecule has 1 aromatic rings. The highest BCUT2D eigenvalue weighted by atomic mass is 32.1. The highest BCUT2D eigenvalue weighted by molar-refractivity contribution is 7.80. The van der Waals surface area contributed by atoms with Gasteiger partial charge in [0.1, 0.15) is 0 Å². The van der Waals surface area contributed by atoms with Gasteiger partial charge in [-0.25, -0.2) is 0 Å². The average molecular weight is 191 g/mol. The molecule has 0 heterocycles. The summed E-state index contributed by atoms with van der Waals surface area (Å²) in [6, 6.07) is 8.60. The Morgan fingerprint density at radius 2 is 1.85 bits per heavy atom. The third-order valence-electron chi connectivity index (χ3n) is 2.63. The van der Waals surface area contributed by atoms with Gasteiger partial charge in [-0.15, -0.1) is 0 Å². The lowest BCUT2D eigenvalue weighted by molar-refractivity contribution is 0.588. The summed E-state index contributed by atoms with van der Waals surface area (Å²) in [5.74, 6) is 0.648. The lowest BCUT2D eigenvalue weighted by Gasteiger charge is -2.05. The van der Waals surface area contributed by atoms with Gasteiger partial charge in [-0.2, -0.15) is 0 Å². The first-order chi connectivity index (χ1) is 6.25. The minimum Gasteiger partial charge on any atom is -0.393 e. The standard InChI is InChI=1S/C11H13NS/c12-11(13)7-8-5-9-3-1-2-4-10(9)6-8/h1-4,8H,5-7H2,(H2,12,13). The molecule has 1 aliphatic carbocycles.